The topological polar surface area (TPSA) is 32.3 Å². The highest BCUT2D eigenvalue weighted by Crippen LogP contribution is 2.48. The van der Waals surface area contributed by atoms with Crippen LogP contribution in [0.3, 0.4) is 0 Å². The van der Waals surface area contributed by atoms with Crippen LogP contribution in [0, 0.1) is 5.41 Å². The first kappa shape index (κ1) is 6.95. The van der Waals surface area contributed by atoms with E-state index in [1.165, 1.54) is 6.42 Å². The normalized spacial score (nSPS) is 33.8. The third-order valence-corrected chi connectivity index (χ3v) is 2.73. The van der Waals surface area contributed by atoms with Crippen molar-refractivity contribution < 1.29 is 4.79 Å². The highest BCUT2D eigenvalue weighted by molar-refractivity contribution is 5.77. The van der Waals surface area contributed by atoms with Gasteiger partial charge in [-0.05, 0) is 11.8 Å². The first-order valence-electron chi connectivity index (χ1n) is 4.16. The van der Waals surface area contributed by atoms with Gasteiger partial charge in [0.15, 0.2) is 0 Å². The Hall–Kier alpha value is -0.730. The average molecular weight is 154 g/mol. The van der Waals surface area contributed by atoms with Gasteiger partial charge < -0.3 is 10.2 Å². The van der Waals surface area contributed by atoms with E-state index in [1.54, 1.807) is 0 Å². The lowest BCUT2D eigenvalue weighted by Gasteiger charge is -2.15. The van der Waals surface area contributed by atoms with Crippen LogP contribution in [-0.4, -0.2) is 30.1 Å². The average Bonchev–Trinajstić information content (AvgIpc) is 2.38. The molecule has 11 heavy (non-hydrogen) atoms. The van der Waals surface area contributed by atoms with Gasteiger partial charge in [0.1, 0.15) is 0 Å². The predicted molar refractivity (Wildman–Crippen MR) is 42.3 cm³/mol. The fourth-order valence-electron chi connectivity index (χ4n) is 1.76. The van der Waals surface area contributed by atoms with Crippen LogP contribution >= 0.6 is 0 Å². The minimum atomic E-state index is 0.126. The lowest BCUT2D eigenvalue weighted by Crippen LogP contribution is -2.32. The van der Waals surface area contributed by atoms with Crippen LogP contribution < -0.4 is 5.32 Å². The van der Waals surface area contributed by atoms with Gasteiger partial charge in [-0.25, -0.2) is 4.79 Å². The molecule has 3 heteroatoms. The van der Waals surface area contributed by atoms with E-state index in [-0.39, 0.29) is 6.03 Å². The summed E-state index contributed by atoms with van der Waals surface area (Å²) in [6.45, 7) is 6.14. The summed E-state index contributed by atoms with van der Waals surface area (Å²) in [4.78, 5) is 13.1. The second kappa shape index (κ2) is 1.90. The molecule has 2 fully saturated rings. The van der Waals surface area contributed by atoms with E-state index in [9.17, 15) is 4.79 Å². The third kappa shape index (κ3) is 0.988. The molecule has 1 saturated heterocycles. The SMILES string of the molecule is CC1(C)CC1N1CCNC1=O. The van der Waals surface area contributed by atoms with Crippen LogP contribution in [-0.2, 0) is 0 Å². The number of hydrogen-bond acceptors (Lipinski definition) is 1. The molecule has 1 aliphatic carbocycles. The summed E-state index contributed by atoms with van der Waals surface area (Å²) in [5.74, 6) is 0. The van der Waals surface area contributed by atoms with Crippen LogP contribution in [0.15, 0.2) is 0 Å². The maximum atomic E-state index is 11.2. The van der Waals surface area contributed by atoms with Crippen LogP contribution in [0.4, 0.5) is 4.79 Å². The van der Waals surface area contributed by atoms with Crippen molar-refractivity contribution in [3.63, 3.8) is 0 Å². The van der Waals surface area contributed by atoms with Crippen molar-refractivity contribution in [1.82, 2.24) is 10.2 Å². The van der Waals surface area contributed by atoms with Gasteiger partial charge in [-0.3, -0.25) is 0 Å². The van der Waals surface area contributed by atoms with Crippen molar-refractivity contribution in [2.24, 2.45) is 5.41 Å². The molecule has 0 aromatic carbocycles. The molecule has 2 rings (SSSR count). The lowest BCUT2D eigenvalue weighted by molar-refractivity contribution is 0.209. The Kier molecular flexibility index (Phi) is 1.20. The van der Waals surface area contributed by atoms with Crippen molar-refractivity contribution in [3.8, 4) is 0 Å². The van der Waals surface area contributed by atoms with Gasteiger partial charge in [0, 0.05) is 19.1 Å². The Morgan fingerprint density at radius 3 is 2.64 bits per heavy atom. The quantitative estimate of drug-likeness (QED) is 0.595. The molecule has 0 spiro atoms. The Morgan fingerprint density at radius 1 is 1.64 bits per heavy atom. The Bertz CT molecular complexity index is 200. The number of carbonyl (C=O) groups is 1. The molecule has 62 valence electrons. The molecule has 0 aromatic rings. The third-order valence-electron chi connectivity index (χ3n) is 2.73. The van der Waals surface area contributed by atoms with E-state index in [0.717, 1.165) is 13.1 Å². The summed E-state index contributed by atoms with van der Waals surface area (Å²) in [7, 11) is 0. The van der Waals surface area contributed by atoms with E-state index < -0.39 is 0 Å². The molecule has 2 amide bonds. The van der Waals surface area contributed by atoms with Crippen molar-refractivity contribution in [3.05, 3.63) is 0 Å². The van der Waals surface area contributed by atoms with Crippen LogP contribution in [0.2, 0.25) is 0 Å². The van der Waals surface area contributed by atoms with Gasteiger partial charge in [-0.1, -0.05) is 13.8 Å². The van der Waals surface area contributed by atoms with E-state index in [1.807, 2.05) is 4.90 Å². The minimum Gasteiger partial charge on any atom is -0.336 e. The van der Waals surface area contributed by atoms with Crippen LogP contribution in [0.25, 0.3) is 0 Å². The molecular formula is C8H14N2O. The molecule has 1 unspecified atom stereocenters. The molecule has 0 aromatic heterocycles. The van der Waals surface area contributed by atoms with Crippen molar-refractivity contribution in [1.29, 1.82) is 0 Å². The smallest absolute Gasteiger partial charge is 0.317 e. The molecule has 1 N–H and O–H groups in total. The number of hydrogen-bond donors (Lipinski definition) is 1. The first-order valence-corrected chi connectivity index (χ1v) is 4.16. The van der Waals surface area contributed by atoms with Gasteiger partial charge >= 0.3 is 6.03 Å². The summed E-state index contributed by atoms with van der Waals surface area (Å²) in [5.41, 5.74) is 0.377. The second-order valence-electron chi connectivity index (χ2n) is 4.13. The molecule has 1 heterocycles. The largest absolute Gasteiger partial charge is 0.336 e. The number of carbonyl (C=O) groups excluding carboxylic acids is 1. The van der Waals surface area contributed by atoms with Crippen molar-refractivity contribution in [2.45, 2.75) is 26.3 Å². The van der Waals surface area contributed by atoms with E-state index in [4.69, 9.17) is 0 Å². The summed E-state index contributed by atoms with van der Waals surface area (Å²) >= 11 is 0. The molecule has 3 nitrogen and oxygen atoms in total. The number of urea groups is 1. The highest BCUT2D eigenvalue weighted by Gasteiger charge is 2.51. The Balaban J connectivity index is 2.02. The monoisotopic (exact) mass is 154 g/mol. The van der Waals surface area contributed by atoms with Gasteiger partial charge in [0.25, 0.3) is 0 Å². The maximum absolute atomic E-state index is 11.2. The van der Waals surface area contributed by atoms with Crippen molar-refractivity contribution in [2.75, 3.05) is 13.1 Å². The van der Waals surface area contributed by atoms with Gasteiger partial charge in [0.2, 0.25) is 0 Å². The molecule has 0 bridgehead atoms. The molecule has 1 saturated carbocycles. The van der Waals surface area contributed by atoms with Gasteiger partial charge in [-0.2, -0.15) is 0 Å². The maximum Gasteiger partial charge on any atom is 0.317 e. The van der Waals surface area contributed by atoms with Crippen molar-refractivity contribution >= 4 is 6.03 Å². The molecular weight excluding hydrogens is 140 g/mol. The van der Waals surface area contributed by atoms with Gasteiger partial charge in [0.05, 0.1) is 0 Å². The van der Waals surface area contributed by atoms with Crippen LogP contribution in [0.1, 0.15) is 20.3 Å². The zero-order chi connectivity index (χ0) is 8.06. The molecule has 0 radical (unpaired) electrons. The Labute approximate surface area is 66.8 Å². The lowest BCUT2D eigenvalue weighted by atomic mass is 10.2. The number of rotatable bonds is 1. The van der Waals surface area contributed by atoms with E-state index in [2.05, 4.69) is 19.2 Å². The fourth-order valence-corrected chi connectivity index (χ4v) is 1.76. The number of amides is 2. The van der Waals surface area contributed by atoms with E-state index >= 15 is 0 Å². The van der Waals surface area contributed by atoms with E-state index in [0.29, 0.717) is 11.5 Å². The fraction of sp³-hybridized carbons (Fsp3) is 0.875. The zero-order valence-corrected chi connectivity index (χ0v) is 7.05. The summed E-state index contributed by atoms with van der Waals surface area (Å²) in [6, 6.07) is 0.630. The minimum absolute atomic E-state index is 0.126. The molecule has 1 atom stereocenters. The van der Waals surface area contributed by atoms with Gasteiger partial charge in [-0.15, -0.1) is 0 Å². The second-order valence-corrected chi connectivity index (χ2v) is 4.13. The number of nitrogens with one attached hydrogen (secondary N) is 1. The summed E-state index contributed by atoms with van der Waals surface area (Å²) in [5, 5.41) is 2.82. The molecule has 2 aliphatic rings. The number of nitrogens with zero attached hydrogens (tertiary/aromatic N) is 1. The Morgan fingerprint density at radius 2 is 2.27 bits per heavy atom. The summed E-state index contributed by atoms with van der Waals surface area (Å²) < 4.78 is 0. The predicted octanol–water partition coefficient (Wildman–Crippen LogP) is 0.810. The zero-order valence-electron chi connectivity index (χ0n) is 7.05. The summed E-state index contributed by atoms with van der Waals surface area (Å²) in [6.07, 6.45) is 1.17. The standard InChI is InChI=1S/C8H14N2O/c1-8(2)5-6(8)10-4-3-9-7(10)11/h6H,3-5H2,1-2H3,(H,9,11). The van der Waals surface area contributed by atoms with Crippen LogP contribution in [0.5, 0.6) is 0 Å². The first-order chi connectivity index (χ1) is 5.11. The highest BCUT2D eigenvalue weighted by atomic mass is 16.2. The molecule has 1 aliphatic heterocycles.